The fraction of sp³-hybridized carbons (Fsp3) is 0.143. The molecular formula is C21H16BrN3O5. The van der Waals surface area contributed by atoms with Gasteiger partial charge < -0.3 is 25.1 Å². The van der Waals surface area contributed by atoms with Crippen molar-refractivity contribution >= 4 is 32.9 Å². The molecule has 30 heavy (non-hydrogen) atoms. The van der Waals surface area contributed by atoms with Crippen molar-refractivity contribution in [1.29, 1.82) is 5.26 Å². The van der Waals surface area contributed by atoms with E-state index in [-0.39, 0.29) is 11.5 Å². The molecule has 9 heteroatoms. The Morgan fingerprint density at radius 1 is 1.30 bits per heavy atom. The molecule has 8 nitrogen and oxygen atoms in total. The maximum absolute atomic E-state index is 11.5. The summed E-state index contributed by atoms with van der Waals surface area (Å²) in [5.41, 5.74) is 8.23. The van der Waals surface area contributed by atoms with Crippen LogP contribution < -0.4 is 19.9 Å². The Balaban J connectivity index is 1.99. The monoisotopic (exact) mass is 469 g/mol. The number of methoxy groups -OCH3 is 2. The minimum Gasteiger partial charge on any atom is -0.493 e. The fourth-order valence-electron chi connectivity index (χ4n) is 3.75. The quantitative estimate of drug-likeness (QED) is 0.590. The maximum Gasteiger partial charge on any atom is 0.416 e. The second-order valence-corrected chi connectivity index (χ2v) is 7.40. The number of hydrogen-bond acceptors (Lipinski definition) is 6. The van der Waals surface area contributed by atoms with Gasteiger partial charge >= 0.3 is 6.09 Å². The highest BCUT2D eigenvalue weighted by molar-refractivity contribution is 9.10. The summed E-state index contributed by atoms with van der Waals surface area (Å²) in [6.07, 6.45) is 0.334. The van der Waals surface area contributed by atoms with Gasteiger partial charge in [-0.1, -0.05) is 6.07 Å². The van der Waals surface area contributed by atoms with Gasteiger partial charge in [-0.15, -0.1) is 0 Å². The number of nitrogens with two attached hydrogens (primary N) is 1. The minimum absolute atomic E-state index is 0.0310. The number of hydrogen-bond donors (Lipinski definition) is 2. The number of nitrogens with zero attached hydrogens (tertiary/aromatic N) is 2. The molecule has 2 aromatic carbocycles. The van der Waals surface area contributed by atoms with E-state index < -0.39 is 12.0 Å². The van der Waals surface area contributed by atoms with Crippen molar-refractivity contribution in [3.63, 3.8) is 0 Å². The second-order valence-electron chi connectivity index (χ2n) is 6.55. The number of fused-ring (bicyclic) bond motifs is 3. The SMILES string of the molecule is COc1cc(C2C(C#N)=C(N)Oc3c2ccc2c3ccn2C(=O)O)cc(Br)c1OC. The van der Waals surface area contributed by atoms with Crippen LogP contribution in [0.2, 0.25) is 0 Å². The van der Waals surface area contributed by atoms with Crippen LogP contribution in [0.15, 0.2) is 52.5 Å². The lowest BCUT2D eigenvalue weighted by atomic mass is 9.83. The van der Waals surface area contributed by atoms with E-state index in [0.29, 0.717) is 38.2 Å². The third kappa shape index (κ3) is 2.84. The zero-order valence-electron chi connectivity index (χ0n) is 16.0. The van der Waals surface area contributed by atoms with Gasteiger partial charge in [-0.25, -0.2) is 4.79 Å². The molecule has 3 N–H and O–H groups in total. The van der Waals surface area contributed by atoms with Crippen LogP contribution in [0.25, 0.3) is 10.9 Å². The van der Waals surface area contributed by atoms with Crippen molar-refractivity contribution in [1.82, 2.24) is 4.57 Å². The molecule has 0 radical (unpaired) electrons. The molecule has 0 bridgehead atoms. The van der Waals surface area contributed by atoms with Crippen LogP contribution in [0.5, 0.6) is 17.2 Å². The predicted octanol–water partition coefficient (Wildman–Crippen LogP) is 4.17. The zero-order chi connectivity index (χ0) is 21.6. The average molecular weight is 470 g/mol. The van der Waals surface area contributed by atoms with Crippen molar-refractivity contribution in [2.24, 2.45) is 5.73 Å². The molecule has 4 rings (SSSR count). The Labute approximate surface area is 179 Å². The Bertz CT molecular complexity index is 1270. The van der Waals surface area contributed by atoms with Gasteiger partial charge in [0.05, 0.1) is 30.1 Å². The topological polar surface area (TPSA) is 120 Å². The Kier molecular flexibility index (Phi) is 4.79. The van der Waals surface area contributed by atoms with Crippen molar-refractivity contribution in [3.05, 3.63) is 63.6 Å². The highest BCUT2D eigenvalue weighted by Crippen LogP contribution is 2.48. The summed E-state index contributed by atoms with van der Waals surface area (Å²) in [4.78, 5) is 11.5. The van der Waals surface area contributed by atoms with Gasteiger partial charge in [0.1, 0.15) is 17.4 Å². The standard InChI is InChI=1S/C21H16BrN3O5/c1-28-16-8-10(7-14(22)19(16)29-2)17-12-3-4-15-11(5-6-25(15)21(26)27)18(12)30-20(24)13(17)9-23/h3-8,17H,24H2,1-2H3,(H,26,27). The molecule has 2 heterocycles. The van der Waals surface area contributed by atoms with Gasteiger partial charge in [0.15, 0.2) is 11.5 Å². The van der Waals surface area contributed by atoms with Gasteiger partial charge in [-0.3, -0.25) is 4.57 Å². The first kappa shape index (κ1) is 19.7. The normalized spacial score (nSPS) is 15.3. The first-order valence-electron chi connectivity index (χ1n) is 8.77. The van der Waals surface area contributed by atoms with Gasteiger partial charge in [-0.05, 0) is 45.8 Å². The lowest BCUT2D eigenvalue weighted by molar-refractivity contribution is 0.197. The molecular weight excluding hydrogens is 454 g/mol. The van der Waals surface area contributed by atoms with Crippen LogP contribution in [0.3, 0.4) is 0 Å². The summed E-state index contributed by atoms with van der Waals surface area (Å²) in [6, 6.07) is 10.8. The number of carboxylic acid groups (broad SMARTS) is 1. The van der Waals surface area contributed by atoms with Gasteiger partial charge in [0.25, 0.3) is 0 Å². The van der Waals surface area contributed by atoms with E-state index in [1.807, 2.05) is 6.07 Å². The minimum atomic E-state index is -1.11. The van der Waals surface area contributed by atoms with E-state index in [0.717, 1.165) is 10.1 Å². The smallest absolute Gasteiger partial charge is 0.416 e. The summed E-state index contributed by atoms with van der Waals surface area (Å²) < 4.78 is 18.4. The maximum atomic E-state index is 11.5. The van der Waals surface area contributed by atoms with Crippen LogP contribution in [-0.4, -0.2) is 30.0 Å². The molecule has 1 unspecified atom stereocenters. The van der Waals surface area contributed by atoms with Crippen molar-refractivity contribution < 1.29 is 24.1 Å². The molecule has 0 saturated carbocycles. The molecule has 1 aromatic heterocycles. The molecule has 0 amide bonds. The first-order valence-corrected chi connectivity index (χ1v) is 9.56. The number of ether oxygens (including phenoxy) is 3. The van der Waals surface area contributed by atoms with E-state index in [1.165, 1.54) is 20.4 Å². The van der Waals surface area contributed by atoms with Crippen LogP contribution in [0.4, 0.5) is 4.79 Å². The number of rotatable bonds is 3. The van der Waals surface area contributed by atoms with Crippen molar-refractivity contribution in [2.45, 2.75) is 5.92 Å². The lowest BCUT2D eigenvalue weighted by Crippen LogP contribution is -2.21. The second kappa shape index (κ2) is 7.31. The lowest BCUT2D eigenvalue weighted by Gasteiger charge is -2.27. The van der Waals surface area contributed by atoms with E-state index in [2.05, 4.69) is 22.0 Å². The van der Waals surface area contributed by atoms with Crippen LogP contribution in [0, 0.1) is 11.3 Å². The molecule has 152 valence electrons. The molecule has 0 saturated heterocycles. The van der Waals surface area contributed by atoms with E-state index in [9.17, 15) is 15.2 Å². The molecule has 0 fully saturated rings. The van der Waals surface area contributed by atoms with Crippen molar-refractivity contribution in [3.8, 4) is 23.3 Å². The summed E-state index contributed by atoms with van der Waals surface area (Å²) in [5.74, 6) is 0.866. The van der Waals surface area contributed by atoms with Gasteiger partial charge in [0.2, 0.25) is 5.88 Å². The third-order valence-corrected chi connectivity index (χ3v) is 5.64. The molecule has 0 aliphatic carbocycles. The Morgan fingerprint density at radius 2 is 2.07 bits per heavy atom. The predicted molar refractivity (Wildman–Crippen MR) is 112 cm³/mol. The Hall–Kier alpha value is -3.64. The van der Waals surface area contributed by atoms with Gasteiger partial charge in [0, 0.05) is 17.1 Å². The van der Waals surface area contributed by atoms with Crippen LogP contribution in [-0.2, 0) is 0 Å². The molecule has 1 aliphatic rings. The van der Waals surface area contributed by atoms with Crippen LogP contribution in [0.1, 0.15) is 17.0 Å². The van der Waals surface area contributed by atoms with Crippen molar-refractivity contribution in [2.75, 3.05) is 14.2 Å². The number of allylic oxidation sites excluding steroid dienone is 1. The summed E-state index contributed by atoms with van der Waals surface area (Å²) in [6.45, 7) is 0. The van der Waals surface area contributed by atoms with E-state index in [1.54, 1.807) is 24.3 Å². The third-order valence-electron chi connectivity index (χ3n) is 5.05. The highest BCUT2D eigenvalue weighted by Gasteiger charge is 2.33. The highest BCUT2D eigenvalue weighted by atomic mass is 79.9. The van der Waals surface area contributed by atoms with Crippen LogP contribution >= 0.6 is 15.9 Å². The van der Waals surface area contributed by atoms with E-state index >= 15 is 0 Å². The van der Waals surface area contributed by atoms with Gasteiger partial charge in [-0.2, -0.15) is 5.26 Å². The van der Waals surface area contributed by atoms with E-state index in [4.69, 9.17) is 19.9 Å². The summed E-state index contributed by atoms with van der Waals surface area (Å²) in [5, 5.41) is 19.8. The number of nitriles is 1. The number of carbonyl (C=O) groups is 1. The fourth-order valence-corrected chi connectivity index (χ4v) is 4.37. The number of aromatic nitrogens is 1. The average Bonchev–Trinajstić information content (AvgIpc) is 3.17. The zero-order valence-corrected chi connectivity index (χ0v) is 17.6. The first-order chi connectivity index (χ1) is 14.4. The number of halogens is 1. The summed E-state index contributed by atoms with van der Waals surface area (Å²) >= 11 is 3.49. The molecule has 1 aliphatic heterocycles. The molecule has 3 aromatic rings. The number of benzene rings is 2. The summed E-state index contributed by atoms with van der Waals surface area (Å²) in [7, 11) is 3.06. The molecule has 1 atom stereocenters. The largest absolute Gasteiger partial charge is 0.493 e. The molecule has 0 spiro atoms. The Morgan fingerprint density at radius 3 is 2.70 bits per heavy atom.